The molecule has 0 radical (unpaired) electrons. The van der Waals surface area contributed by atoms with E-state index in [4.69, 9.17) is 9.47 Å². The molecule has 0 N–H and O–H groups in total. The second-order valence-electron chi connectivity index (χ2n) is 9.45. The van der Waals surface area contributed by atoms with Crippen LogP contribution >= 0.6 is 0 Å². The normalized spacial score (nSPS) is 59.0. The first-order valence-corrected chi connectivity index (χ1v) is 9.20. The summed E-state index contributed by atoms with van der Waals surface area (Å²) in [5.74, 6) is 1.76. The molecule has 124 valence electrons. The molecule has 0 aromatic rings. The standard InChI is InChI=1S/C20H32O2/c1-7-10-18(5)21-16-12-20-11-15(19(16,6)22-18)17(3,4)14(20)9-8-13(20)2/h7,10,13-16H,8-9,11-12H2,1-6H3/b10-7+/t13-,14?,15-,16+,18+,19-,20+/m1/s1. The van der Waals surface area contributed by atoms with Gasteiger partial charge in [0.05, 0.1) is 11.7 Å². The molecule has 3 aliphatic carbocycles. The summed E-state index contributed by atoms with van der Waals surface area (Å²) in [6, 6.07) is 0. The van der Waals surface area contributed by atoms with Gasteiger partial charge < -0.3 is 9.47 Å². The molecule has 22 heavy (non-hydrogen) atoms. The van der Waals surface area contributed by atoms with Crippen molar-refractivity contribution in [1.82, 2.24) is 0 Å². The van der Waals surface area contributed by atoms with Crippen molar-refractivity contribution in [2.75, 3.05) is 0 Å². The van der Waals surface area contributed by atoms with E-state index < -0.39 is 5.79 Å². The highest BCUT2D eigenvalue weighted by molar-refractivity contribution is 5.22. The zero-order valence-corrected chi connectivity index (χ0v) is 15.1. The molecule has 0 aromatic carbocycles. The molecule has 2 heteroatoms. The minimum absolute atomic E-state index is 0.132. The Kier molecular flexibility index (Phi) is 2.89. The Balaban J connectivity index is 1.78. The third-order valence-electron chi connectivity index (χ3n) is 8.11. The first-order valence-electron chi connectivity index (χ1n) is 9.20. The van der Waals surface area contributed by atoms with Crippen molar-refractivity contribution in [1.29, 1.82) is 0 Å². The molecule has 0 aromatic heterocycles. The van der Waals surface area contributed by atoms with E-state index >= 15 is 0 Å². The summed E-state index contributed by atoms with van der Waals surface area (Å²) in [7, 11) is 0. The first kappa shape index (κ1) is 15.2. The Hall–Kier alpha value is -0.340. The average Bonchev–Trinajstić information content (AvgIpc) is 2.92. The maximum absolute atomic E-state index is 6.63. The number of fused-ring (bicyclic) bond motifs is 3. The lowest BCUT2D eigenvalue weighted by atomic mass is 9.63. The summed E-state index contributed by atoms with van der Waals surface area (Å²) in [5, 5.41) is 0. The van der Waals surface area contributed by atoms with Crippen LogP contribution in [0.15, 0.2) is 12.2 Å². The van der Waals surface area contributed by atoms with Crippen molar-refractivity contribution in [3.05, 3.63) is 12.2 Å². The van der Waals surface area contributed by atoms with Crippen LogP contribution in [0.25, 0.3) is 0 Å². The molecule has 4 fully saturated rings. The smallest absolute Gasteiger partial charge is 0.186 e. The van der Waals surface area contributed by atoms with Crippen molar-refractivity contribution in [3.8, 4) is 0 Å². The molecular formula is C20H32O2. The lowest BCUT2D eigenvalue weighted by Gasteiger charge is -2.47. The quantitative estimate of drug-likeness (QED) is 0.639. The van der Waals surface area contributed by atoms with Crippen molar-refractivity contribution in [2.24, 2.45) is 28.6 Å². The van der Waals surface area contributed by atoms with Crippen LogP contribution in [0.2, 0.25) is 0 Å². The van der Waals surface area contributed by atoms with E-state index in [1.165, 1.54) is 25.7 Å². The predicted molar refractivity (Wildman–Crippen MR) is 88.4 cm³/mol. The highest BCUT2D eigenvalue weighted by Crippen LogP contribution is 2.75. The first-order chi connectivity index (χ1) is 10.2. The van der Waals surface area contributed by atoms with Crippen LogP contribution in [0.1, 0.15) is 67.2 Å². The van der Waals surface area contributed by atoms with Crippen molar-refractivity contribution < 1.29 is 9.47 Å². The van der Waals surface area contributed by atoms with Gasteiger partial charge in [0.1, 0.15) is 0 Å². The minimum Gasteiger partial charge on any atom is -0.340 e. The van der Waals surface area contributed by atoms with E-state index in [2.05, 4.69) is 46.8 Å². The van der Waals surface area contributed by atoms with Gasteiger partial charge in [-0.3, -0.25) is 0 Å². The van der Waals surface area contributed by atoms with Gasteiger partial charge in [-0.2, -0.15) is 0 Å². The van der Waals surface area contributed by atoms with Crippen LogP contribution in [0.4, 0.5) is 0 Å². The highest BCUT2D eigenvalue weighted by Gasteiger charge is 2.74. The van der Waals surface area contributed by atoms with E-state index in [9.17, 15) is 0 Å². The van der Waals surface area contributed by atoms with Crippen LogP contribution in [-0.2, 0) is 9.47 Å². The lowest BCUT2D eigenvalue weighted by molar-refractivity contribution is -0.158. The van der Waals surface area contributed by atoms with E-state index in [0.29, 0.717) is 16.7 Å². The van der Waals surface area contributed by atoms with Gasteiger partial charge >= 0.3 is 0 Å². The summed E-state index contributed by atoms with van der Waals surface area (Å²) < 4.78 is 13.1. The zero-order valence-electron chi connectivity index (χ0n) is 15.1. The fourth-order valence-corrected chi connectivity index (χ4v) is 7.23. The Morgan fingerprint density at radius 1 is 1.00 bits per heavy atom. The van der Waals surface area contributed by atoms with Crippen LogP contribution in [0.3, 0.4) is 0 Å². The van der Waals surface area contributed by atoms with E-state index in [1.54, 1.807) is 0 Å². The number of rotatable bonds is 1. The number of hydrogen-bond donors (Lipinski definition) is 0. The zero-order chi connectivity index (χ0) is 16.0. The molecule has 1 unspecified atom stereocenters. The predicted octanol–water partition coefficient (Wildman–Crippen LogP) is 4.94. The molecule has 4 aliphatic rings. The van der Waals surface area contributed by atoms with Gasteiger partial charge in [-0.05, 0) is 81.1 Å². The number of hydrogen-bond acceptors (Lipinski definition) is 2. The molecule has 2 bridgehead atoms. The summed E-state index contributed by atoms with van der Waals surface area (Å²) in [6.07, 6.45) is 9.73. The molecular weight excluding hydrogens is 272 g/mol. The topological polar surface area (TPSA) is 18.5 Å². The fraction of sp³-hybridized carbons (Fsp3) is 0.900. The van der Waals surface area contributed by atoms with Crippen LogP contribution < -0.4 is 0 Å². The molecule has 1 spiro atoms. The van der Waals surface area contributed by atoms with E-state index in [-0.39, 0.29) is 11.7 Å². The van der Waals surface area contributed by atoms with Gasteiger partial charge in [-0.25, -0.2) is 0 Å². The Bertz CT molecular complexity index is 524. The Morgan fingerprint density at radius 2 is 1.73 bits per heavy atom. The third kappa shape index (κ3) is 1.59. The van der Waals surface area contributed by atoms with Crippen LogP contribution in [0.5, 0.6) is 0 Å². The van der Waals surface area contributed by atoms with Gasteiger partial charge in [0.2, 0.25) is 0 Å². The molecule has 4 rings (SSSR count). The molecule has 0 amide bonds. The Morgan fingerprint density at radius 3 is 2.41 bits per heavy atom. The second kappa shape index (κ2) is 4.19. The van der Waals surface area contributed by atoms with Gasteiger partial charge in [0.15, 0.2) is 5.79 Å². The maximum atomic E-state index is 6.63. The summed E-state index contributed by atoms with van der Waals surface area (Å²) >= 11 is 0. The van der Waals surface area contributed by atoms with Crippen LogP contribution in [-0.4, -0.2) is 17.5 Å². The molecule has 2 nitrogen and oxygen atoms in total. The highest BCUT2D eigenvalue weighted by atomic mass is 16.8. The number of allylic oxidation sites excluding steroid dienone is 1. The molecule has 1 saturated heterocycles. The van der Waals surface area contributed by atoms with Crippen molar-refractivity contribution in [3.63, 3.8) is 0 Å². The largest absolute Gasteiger partial charge is 0.340 e. The monoisotopic (exact) mass is 304 g/mol. The summed E-state index contributed by atoms with van der Waals surface area (Å²) in [4.78, 5) is 0. The minimum atomic E-state index is -0.539. The second-order valence-corrected chi connectivity index (χ2v) is 9.45. The van der Waals surface area contributed by atoms with Gasteiger partial charge in [0.25, 0.3) is 0 Å². The Labute approximate surface area is 135 Å². The SMILES string of the molecule is C/C=C/[C@@]1(C)O[C@H]2C[C@]34C[C@H](C(C)(C)C3CC[C@H]4C)[C@@]2(C)O1. The summed E-state index contributed by atoms with van der Waals surface area (Å²) in [6.45, 7) is 14.0. The third-order valence-corrected chi connectivity index (χ3v) is 8.11. The van der Waals surface area contributed by atoms with Gasteiger partial charge in [-0.15, -0.1) is 0 Å². The van der Waals surface area contributed by atoms with E-state index in [0.717, 1.165) is 11.8 Å². The maximum Gasteiger partial charge on any atom is 0.186 e. The lowest BCUT2D eigenvalue weighted by Crippen LogP contribution is -2.52. The van der Waals surface area contributed by atoms with E-state index in [1.807, 2.05) is 6.92 Å². The van der Waals surface area contributed by atoms with Crippen molar-refractivity contribution in [2.45, 2.75) is 84.7 Å². The fourth-order valence-electron chi connectivity index (χ4n) is 7.23. The van der Waals surface area contributed by atoms with Gasteiger partial charge in [-0.1, -0.05) is 26.8 Å². The summed E-state index contributed by atoms with van der Waals surface area (Å²) in [5.41, 5.74) is 0.731. The van der Waals surface area contributed by atoms with Crippen molar-refractivity contribution >= 4 is 0 Å². The number of ether oxygens (including phenoxy) is 2. The molecule has 3 saturated carbocycles. The average molecular weight is 304 g/mol. The molecule has 1 aliphatic heterocycles. The molecule has 1 heterocycles. The molecule has 7 atom stereocenters. The van der Waals surface area contributed by atoms with Gasteiger partial charge in [0, 0.05) is 0 Å². The van der Waals surface area contributed by atoms with Crippen LogP contribution in [0, 0.1) is 28.6 Å².